The second-order valence-electron chi connectivity index (χ2n) is 2.77. The second-order valence-corrected chi connectivity index (χ2v) is 3.63. The zero-order valence-corrected chi connectivity index (χ0v) is 9.38. The highest BCUT2D eigenvalue weighted by Gasteiger charge is 2.01. The number of rotatable bonds is 4. The van der Waals surface area contributed by atoms with Crippen molar-refractivity contribution in [3.63, 3.8) is 0 Å². The largest absolute Gasteiger partial charge is 0.491 e. The molecule has 0 spiro atoms. The van der Waals surface area contributed by atoms with E-state index < -0.39 is 0 Å². The number of benzene rings is 1. The first-order valence-electron chi connectivity index (χ1n) is 4.32. The van der Waals surface area contributed by atoms with Crippen molar-refractivity contribution >= 4 is 15.9 Å². The zero-order valence-electron chi connectivity index (χ0n) is 7.79. The van der Waals surface area contributed by atoms with E-state index in [1.165, 1.54) is 0 Å². The third-order valence-corrected chi connectivity index (χ3v) is 2.36. The van der Waals surface area contributed by atoms with Gasteiger partial charge in [-0.05, 0) is 33.6 Å². The van der Waals surface area contributed by atoms with Crippen LogP contribution < -0.4 is 10.5 Å². The minimum absolute atomic E-state index is 0.531. The fraction of sp³-hybridized carbons (Fsp3) is 0.273. The van der Waals surface area contributed by atoms with Crippen molar-refractivity contribution in [2.75, 3.05) is 6.61 Å². The highest BCUT2D eigenvalue weighted by Crippen LogP contribution is 2.25. The van der Waals surface area contributed by atoms with Crippen LogP contribution in [0.15, 0.2) is 22.7 Å². The van der Waals surface area contributed by atoms with Gasteiger partial charge < -0.3 is 10.5 Å². The second kappa shape index (κ2) is 5.69. The molecule has 0 atom stereocenters. The summed E-state index contributed by atoms with van der Waals surface area (Å²) in [4.78, 5) is 0. The summed E-state index contributed by atoms with van der Waals surface area (Å²) in [7, 11) is 0. The van der Waals surface area contributed by atoms with Crippen molar-refractivity contribution in [2.45, 2.75) is 13.0 Å². The summed E-state index contributed by atoms with van der Waals surface area (Å²) in [6.45, 7) is 1.07. The molecule has 0 saturated heterocycles. The van der Waals surface area contributed by atoms with Crippen LogP contribution in [0.25, 0.3) is 0 Å². The Bertz CT molecular complexity index is 344. The van der Waals surface area contributed by atoms with Crippen molar-refractivity contribution in [2.24, 2.45) is 5.73 Å². The van der Waals surface area contributed by atoms with Gasteiger partial charge in [-0.25, -0.2) is 0 Å². The Kier molecular flexibility index (Phi) is 4.51. The van der Waals surface area contributed by atoms with E-state index in [9.17, 15) is 0 Å². The molecule has 1 rings (SSSR count). The smallest absolute Gasteiger partial charge is 0.133 e. The average Bonchev–Trinajstić information content (AvgIpc) is 2.20. The maximum absolute atomic E-state index is 5.50. The SMILES string of the molecule is C#CCCOc1ccc(CN)cc1Br. The summed E-state index contributed by atoms with van der Waals surface area (Å²) in [6.07, 6.45) is 5.73. The first-order valence-corrected chi connectivity index (χ1v) is 5.12. The van der Waals surface area contributed by atoms with Crippen LogP contribution in [0.4, 0.5) is 0 Å². The first kappa shape index (κ1) is 11.1. The fourth-order valence-electron chi connectivity index (χ4n) is 1.01. The third-order valence-electron chi connectivity index (χ3n) is 1.74. The van der Waals surface area contributed by atoms with Crippen LogP contribution in [0.3, 0.4) is 0 Å². The Labute approximate surface area is 92.6 Å². The minimum atomic E-state index is 0.531. The average molecular weight is 254 g/mol. The van der Waals surface area contributed by atoms with Gasteiger partial charge in [-0.3, -0.25) is 0 Å². The topological polar surface area (TPSA) is 35.2 Å². The number of ether oxygens (including phenoxy) is 1. The molecular weight excluding hydrogens is 242 g/mol. The molecule has 0 aromatic heterocycles. The molecule has 0 aliphatic heterocycles. The lowest BCUT2D eigenvalue weighted by molar-refractivity contribution is 0.325. The summed E-state index contributed by atoms with van der Waals surface area (Å²) >= 11 is 3.41. The van der Waals surface area contributed by atoms with Gasteiger partial charge in [0.15, 0.2) is 0 Å². The lowest BCUT2D eigenvalue weighted by Gasteiger charge is -2.07. The highest BCUT2D eigenvalue weighted by atomic mass is 79.9. The van der Waals surface area contributed by atoms with E-state index in [4.69, 9.17) is 16.9 Å². The Morgan fingerprint density at radius 3 is 2.86 bits per heavy atom. The number of nitrogens with two attached hydrogens (primary N) is 1. The number of hydrogen-bond acceptors (Lipinski definition) is 2. The highest BCUT2D eigenvalue weighted by molar-refractivity contribution is 9.10. The lowest BCUT2D eigenvalue weighted by atomic mass is 10.2. The molecule has 0 aliphatic carbocycles. The van der Waals surface area contributed by atoms with Crippen molar-refractivity contribution in [1.29, 1.82) is 0 Å². The monoisotopic (exact) mass is 253 g/mol. The van der Waals surface area contributed by atoms with Crippen LogP contribution in [0, 0.1) is 12.3 Å². The summed E-state index contributed by atoms with van der Waals surface area (Å²) in [5, 5.41) is 0. The molecule has 1 aromatic rings. The van der Waals surface area contributed by atoms with Crippen molar-refractivity contribution in [3.8, 4) is 18.1 Å². The molecule has 0 amide bonds. The first-order chi connectivity index (χ1) is 6.77. The normalized spacial score (nSPS) is 9.50. The van der Waals surface area contributed by atoms with Crippen LogP contribution in [-0.4, -0.2) is 6.61 Å². The summed E-state index contributed by atoms with van der Waals surface area (Å²) < 4.78 is 6.36. The Morgan fingerprint density at radius 2 is 2.29 bits per heavy atom. The van der Waals surface area contributed by atoms with Gasteiger partial charge in [0.1, 0.15) is 5.75 Å². The van der Waals surface area contributed by atoms with Crippen LogP contribution in [0.1, 0.15) is 12.0 Å². The quantitative estimate of drug-likeness (QED) is 0.661. The summed E-state index contributed by atoms with van der Waals surface area (Å²) in [5.74, 6) is 3.32. The molecule has 0 heterocycles. The van der Waals surface area contributed by atoms with E-state index in [1.54, 1.807) is 0 Å². The van der Waals surface area contributed by atoms with E-state index in [1.807, 2.05) is 18.2 Å². The van der Waals surface area contributed by atoms with Crippen LogP contribution in [0.5, 0.6) is 5.75 Å². The predicted octanol–water partition coefficient (Wildman–Crippen LogP) is 2.31. The molecule has 14 heavy (non-hydrogen) atoms. The van der Waals surface area contributed by atoms with Gasteiger partial charge in [0, 0.05) is 13.0 Å². The van der Waals surface area contributed by atoms with E-state index >= 15 is 0 Å². The molecule has 0 aliphatic rings. The Balaban J connectivity index is 2.65. The van der Waals surface area contributed by atoms with E-state index in [2.05, 4.69) is 21.9 Å². The van der Waals surface area contributed by atoms with E-state index in [-0.39, 0.29) is 0 Å². The van der Waals surface area contributed by atoms with Gasteiger partial charge in [-0.1, -0.05) is 6.07 Å². The van der Waals surface area contributed by atoms with Crippen LogP contribution in [0.2, 0.25) is 0 Å². The third kappa shape index (κ3) is 3.06. The maximum atomic E-state index is 5.50. The number of terminal acetylenes is 1. The Morgan fingerprint density at radius 1 is 1.50 bits per heavy atom. The molecule has 0 fully saturated rings. The molecule has 3 heteroatoms. The number of hydrogen-bond donors (Lipinski definition) is 1. The molecule has 2 nitrogen and oxygen atoms in total. The molecular formula is C11H12BrNO. The van der Waals surface area contributed by atoms with Gasteiger partial charge >= 0.3 is 0 Å². The van der Waals surface area contributed by atoms with Crippen molar-refractivity contribution in [3.05, 3.63) is 28.2 Å². The van der Waals surface area contributed by atoms with Crippen LogP contribution in [-0.2, 0) is 6.54 Å². The van der Waals surface area contributed by atoms with Gasteiger partial charge in [0.2, 0.25) is 0 Å². The van der Waals surface area contributed by atoms with Gasteiger partial charge in [-0.2, -0.15) is 0 Å². The predicted molar refractivity (Wildman–Crippen MR) is 61.0 cm³/mol. The van der Waals surface area contributed by atoms with Crippen LogP contribution >= 0.6 is 15.9 Å². The van der Waals surface area contributed by atoms with Crippen molar-refractivity contribution < 1.29 is 4.74 Å². The van der Waals surface area contributed by atoms with Crippen molar-refractivity contribution in [1.82, 2.24) is 0 Å². The molecule has 2 N–H and O–H groups in total. The van der Waals surface area contributed by atoms with Gasteiger partial charge in [0.05, 0.1) is 11.1 Å². The lowest BCUT2D eigenvalue weighted by Crippen LogP contribution is -1.99. The molecule has 0 bridgehead atoms. The molecule has 0 saturated carbocycles. The molecule has 1 aromatic carbocycles. The standard InChI is InChI=1S/C11H12BrNO/c1-2-3-6-14-11-5-4-9(8-13)7-10(11)12/h1,4-5,7H,3,6,8,13H2. The molecule has 0 radical (unpaired) electrons. The minimum Gasteiger partial charge on any atom is -0.491 e. The molecule has 0 unspecified atom stereocenters. The Hall–Kier alpha value is -0.980. The summed E-state index contributed by atoms with van der Waals surface area (Å²) in [6, 6.07) is 5.78. The molecule has 74 valence electrons. The van der Waals surface area contributed by atoms with E-state index in [0.717, 1.165) is 15.8 Å². The maximum Gasteiger partial charge on any atom is 0.133 e. The summed E-state index contributed by atoms with van der Waals surface area (Å²) in [5.41, 5.74) is 6.57. The zero-order chi connectivity index (χ0) is 10.4. The number of halogens is 1. The van der Waals surface area contributed by atoms with Gasteiger partial charge in [0.25, 0.3) is 0 Å². The fourth-order valence-corrected chi connectivity index (χ4v) is 1.55. The van der Waals surface area contributed by atoms with E-state index in [0.29, 0.717) is 19.6 Å². The van der Waals surface area contributed by atoms with Gasteiger partial charge in [-0.15, -0.1) is 12.3 Å².